The molecule has 3 nitrogen and oxygen atoms in total. The molecule has 2 aromatic rings. The lowest BCUT2D eigenvalue weighted by Gasteiger charge is -2.26. The van der Waals surface area contributed by atoms with Gasteiger partial charge in [-0.15, -0.1) is 11.6 Å². The lowest BCUT2D eigenvalue weighted by atomic mass is 10.1. The molecule has 3 rings (SSSR count). The molecule has 2 atom stereocenters. The second-order valence-corrected chi connectivity index (χ2v) is 8.17. The van der Waals surface area contributed by atoms with E-state index in [1.165, 1.54) is 4.31 Å². The Morgan fingerprint density at radius 1 is 1.09 bits per heavy atom. The third kappa shape index (κ3) is 2.56. The number of hydrogen-bond donors (Lipinski definition) is 0. The minimum absolute atomic E-state index is 0.259. The fraction of sp³-hybridized carbons (Fsp3) is 0.294. The van der Waals surface area contributed by atoms with Crippen LogP contribution in [-0.2, 0) is 16.4 Å². The van der Waals surface area contributed by atoms with Gasteiger partial charge in [0.2, 0.25) is 10.0 Å². The SMILES string of the molecule is Cc1ccc(S(=O)(=O)N(C)[C@@H]2Cc3ccccc3[C@H]2Cl)cc1. The molecule has 116 valence electrons. The smallest absolute Gasteiger partial charge is 0.207 e. The standard InChI is InChI=1S/C17H18ClNO2S/c1-12-7-9-14(10-8-12)22(20,21)19(2)16-11-13-5-3-4-6-15(13)17(16)18/h3-10,16-17H,11H2,1-2H3/t16-,17-/m1/s1. The summed E-state index contributed by atoms with van der Waals surface area (Å²) in [6.45, 7) is 1.93. The first-order valence-electron chi connectivity index (χ1n) is 7.18. The molecule has 0 N–H and O–H groups in total. The highest BCUT2D eigenvalue weighted by Crippen LogP contribution is 2.40. The van der Waals surface area contributed by atoms with Crippen LogP contribution in [0.3, 0.4) is 0 Å². The molecule has 2 aromatic carbocycles. The molecule has 0 radical (unpaired) electrons. The highest BCUT2D eigenvalue weighted by molar-refractivity contribution is 7.89. The molecule has 0 saturated carbocycles. The fourth-order valence-corrected chi connectivity index (χ4v) is 4.80. The summed E-state index contributed by atoms with van der Waals surface area (Å²) < 4.78 is 27.0. The van der Waals surface area contributed by atoms with Crippen molar-refractivity contribution in [1.82, 2.24) is 4.31 Å². The number of fused-ring (bicyclic) bond motifs is 1. The van der Waals surface area contributed by atoms with Crippen LogP contribution in [0.1, 0.15) is 22.1 Å². The van der Waals surface area contributed by atoms with Crippen LogP contribution < -0.4 is 0 Å². The van der Waals surface area contributed by atoms with E-state index in [9.17, 15) is 8.42 Å². The zero-order valence-electron chi connectivity index (χ0n) is 12.5. The Morgan fingerprint density at radius 2 is 1.73 bits per heavy atom. The highest BCUT2D eigenvalue weighted by Gasteiger charge is 2.38. The molecule has 0 unspecified atom stereocenters. The maximum Gasteiger partial charge on any atom is 0.243 e. The first-order chi connectivity index (χ1) is 10.4. The molecule has 0 saturated heterocycles. The summed E-state index contributed by atoms with van der Waals surface area (Å²) in [5.74, 6) is 0. The quantitative estimate of drug-likeness (QED) is 0.805. The number of hydrogen-bond acceptors (Lipinski definition) is 2. The highest BCUT2D eigenvalue weighted by atomic mass is 35.5. The normalized spacial score (nSPS) is 21.1. The van der Waals surface area contributed by atoms with Gasteiger partial charge in [0.25, 0.3) is 0 Å². The Balaban J connectivity index is 1.92. The van der Waals surface area contributed by atoms with E-state index < -0.39 is 10.0 Å². The number of rotatable bonds is 3. The largest absolute Gasteiger partial charge is 0.243 e. The first kappa shape index (κ1) is 15.5. The molecule has 0 amide bonds. The second-order valence-electron chi connectivity index (χ2n) is 5.71. The lowest BCUT2D eigenvalue weighted by Crippen LogP contribution is -2.38. The summed E-state index contributed by atoms with van der Waals surface area (Å²) in [6, 6.07) is 14.5. The van der Waals surface area contributed by atoms with Crippen LogP contribution in [0.4, 0.5) is 0 Å². The molecule has 0 heterocycles. The first-order valence-corrected chi connectivity index (χ1v) is 9.05. The van der Waals surface area contributed by atoms with E-state index in [2.05, 4.69) is 0 Å². The van der Waals surface area contributed by atoms with Crippen molar-refractivity contribution in [2.24, 2.45) is 0 Å². The zero-order chi connectivity index (χ0) is 15.9. The van der Waals surface area contributed by atoms with Crippen molar-refractivity contribution >= 4 is 21.6 Å². The van der Waals surface area contributed by atoms with Crippen LogP contribution in [0, 0.1) is 6.92 Å². The van der Waals surface area contributed by atoms with E-state index in [0.29, 0.717) is 11.3 Å². The number of benzene rings is 2. The Labute approximate surface area is 136 Å². The Kier molecular flexibility index (Phi) is 4.02. The van der Waals surface area contributed by atoms with Gasteiger partial charge in [-0.25, -0.2) is 8.42 Å². The Morgan fingerprint density at radius 3 is 2.36 bits per heavy atom. The summed E-state index contributed by atoms with van der Waals surface area (Å²) in [5, 5.41) is -0.318. The predicted molar refractivity (Wildman–Crippen MR) is 88.7 cm³/mol. The topological polar surface area (TPSA) is 37.4 Å². The van der Waals surface area contributed by atoms with Gasteiger partial charge < -0.3 is 0 Å². The van der Waals surface area contributed by atoms with E-state index in [4.69, 9.17) is 11.6 Å². The molecule has 0 fully saturated rings. The van der Waals surface area contributed by atoms with Gasteiger partial charge in [0.1, 0.15) is 0 Å². The van der Waals surface area contributed by atoms with Crippen molar-refractivity contribution < 1.29 is 8.42 Å². The van der Waals surface area contributed by atoms with Crippen LogP contribution >= 0.6 is 11.6 Å². The lowest BCUT2D eigenvalue weighted by molar-refractivity contribution is 0.371. The Hall–Kier alpha value is -1.36. The van der Waals surface area contributed by atoms with Gasteiger partial charge >= 0.3 is 0 Å². The van der Waals surface area contributed by atoms with Gasteiger partial charge in [-0.3, -0.25) is 0 Å². The average Bonchev–Trinajstić information content (AvgIpc) is 2.84. The van der Waals surface area contributed by atoms with Gasteiger partial charge in [-0.05, 0) is 36.6 Å². The van der Waals surface area contributed by atoms with E-state index in [1.54, 1.807) is 19.2 Å². The van der Waals surface area contributed by atoms with Crippen LogP contribution in [0.5, 0.6) is 0 Å². The van der Waals surface area contributed by atoms with E-state index in [1.807, 2.05) is 43.3 Å². The number of aryl methyl sites for hydroxylation is 1. The van der Waals surface area contributed by atoms with Crippen molar-refractivity contribution in [3.8, 4) is 0 Å². The van der Waals surface area contributed by atoms with Crippen LogP contribution in [0.15, 0.2) is 53.4 Å². The van der Waals surface area contributed by atoms with E-state index in [0.717, 1.165) is 16.7 Å². The maximum absolute atomic E-state index is 12.8. The van der Waals surface area contributed by atoms with Gasteiger partial charge in [-0.1, -0.05) is 42.0 Å². The summed E-state index contributed by atoms with van der Waals surface area (Å²) in [6.07, 6.45) is 0.645. The van der Waals surface area contributed by atoms with Crippen molar-refractivity contribution in [3.63, 3.8) is 0 Å². The summed E-state index contributed by atoms with van der Waals surface area (Å²) in [7, 11) is -1.93. The van der Waals surface area contributed by atoms with Gasteiger partial charge in [0.05, 0.1) is 10.3 Å². The molecule has 22 heavy (non-hydrogen) atoms. The maximum atomic E-state index is 12.8. The monoisotopic (exact) mass is 335 g/mol. The fourth-order valence-electron chi connectivity index (χ4n) is 2.89. The predicted octanol–water partition coefficient (Wildman–Crippen LogP) is 3.52. The van der Waals surface area contributed by atoms with Crippen molar-refractivity contribution in [2.45, 2.75) is 29.7 Å². The minimum atomic E-state index is -3.54. The summed E-state index contributed by atoms with van der Waals surface area (Å²) in [4.78, 5) is 0.306. The van der Waals surface area contributed by atoms with E-state index in [-0.39, 0.29) is 11.4 Å². The van der Waals surface area contributed by atoms with Crippen molar-refractivity contribution in [3.05, 3.63) is 65.2 Å². The van der Waals surface area contributed by atoms with Gasteiger partial charge in [-0.2, -0.15) is 4.31 Å². The third-order valence-corrected chi connectivity index (χ3v) is 6.71. The van der Waals surface area contributed by atoms with Crippen molar-refractivity contribution in [2.75, 3.05) is 7.05 Å². The van der Waals surface area contributed by atoms with Crippen LogP contribution in [0.2, 0.25) is 0 Å². The minimum Gasteiger partial charge on any atom is -0.207 e. The number of nitrogens with zero attached hydrogens (tertiary/aromatic N) is 1. The molecule has 1 aliphatic rings. The molecule has 0 aliphatic heterocycles. The van der Waals surface area contributed by atoms with Crippen molar-refractivity contribution in [1.29, 1.82) is 0 Å². The number of halogens is 1. The number of likely N-dealkylation sites (N-methyl/N-ethyl adjacent to an activating group) is 1. The average molecular weight is 336 g/mol. The molecular formula is C17H18ClNO2S. The zero-order valence-corrected chi connectivity index (χ0v) is 14.1. The van der Waals surface area contributed by atoms with Gasteiger partial charge in [0, 0.05) is 13.1 Å². The van der Waals surface area contributed by atoms with Crippen LogP contribution in [0.25, 0.3) is 0 Å². The molecule has 5 heteroatoms. The van der Waals surface area contributed by atoms with E-state index >= 15 is 0 Å². The molecule has 0 bridgehead atoms. The molecule has 0 spiro atoms. The number of sulfonamides is 1. The Bertz CT molecular complexity index is 787. The second kappa shape index (κ2) is 5.69. The summed E-state index contributed by atoms with van der Waals surface area (Å²) >= 11 is 6.52. The van der Waals surface area contributed by atoms with Gasteiger partial charge in [0.15, 0.2) is 0 Å². The summed E-state index contributed by atoms with van der Waals surface area (Å²) in [5.41, 5.74) is 3.18. The van der Waals surface area contributed by atoms with Crippen LogP contribution in [-0.4, -0.2) is 25.8 Å². The molecular weight excluding hydrogens is 318 g/mol. The third-order valence-electron chi connectivity index (χ3n) is 4.28. The molecule has 1 aliphatic carbocycles. The molecule has 0 aromatic heterocycles. The number of alkyl halides is 1.